The van der Waals surface area contributed by atoms with Crippen LogP contribution in [0.2, 0.25) is 0 Å². The topological polar surface area (TPSA) is 32.9 Å². The fourth-order valence-electron chi connectivity index (χ4n) is 3.64. The van der Waals surface area contributed by atoms with E-state index in [2.05, 4.69) is 119 Å². The predicted molar refractivity (Wildman–Crippen MR) is 137 cm³/mol. The molecule has 0 bridgehead atoms. The van der Waals surface area contributed by atoms with Crippen LogP contribution in [0.15, 0.2) is 94.4 Å². The first kappa shape index (κ1) is 21.8. The van der Waals surface area contributed by atoms with Crippen molar-refractivity contribution in [2.75, 3.05) is 18.0 Å². The van der Waals surface area contributed by atoms with Crippen LogP contribution in [0.25, 0.3) is 16.9 Å². The summed E-state index contributed by atoms with van der Waals surface area (Å²) < 4.78 is 2.17. The summed E-state index contributed by atoms with van der Waals surface area (Å²) >= 11 is 1.59. The number of anilines is 1. The molecule has 32 heavy (non-hydrogen) atoms. The molecule has 0 N–H and O–H groups in total. The minimum absolute atomic E-state index is 0.837. The lowest BCUT2D eigenvalue weighted by molar-refractivity contribution is 0.866. The van der Waals surface area contributed by atoms with Crippen molar-refractivity contribution in [2.24, 2.45) is 10.2 Å². The van der Waals surface area contributed by atoms with E-state index in [9.17, 15) is 0 Å². The van der Waals surface area contributed by atoms with E-state index in [1.54, 1.807) is 11.3 Å². The number of benzene rings is 3. The Labute approximate surface area is 193 Å². The fraction of sp³-hybridized carbons (Fsp3) is 0.185. The number of rotatable bonds is 7. The summed E-state index contributed by atoms with van der Waals surface area (Å²) in [5.74, 6) is 0. The van der Waals surface area contributed by atoms with Gasteiger partial charge in [0.1, 0.15) is 0 Å². The number of hydrogen-bond acceptors (Lipinski definition) is 4. The molecule has 0 saturated carbocycles. The highest BCUT2D eigenvalue weighted by Crippen LogP contribution is 2.23. The van der Waals surface area contributed by atoms with Crippen molar-refractivity contribution in [1.82, 2.24) is 4.57 Å². The second-order valence-corrected chi connectivity index (χ2v) is 8.39. The summed E-state index contributed by atoms with van der Waals surface area (Å²) in [7, 11) is 0. The van der Waals surface area contributed by atoms with E-state index >= 15 is 0 Å². The second kappa shape index (κ2) is 10.2. The van der Waals surface area contributed by atoms with E-state index in [1.165, 1.54) is 11.3 Å². The first-order chi connectivity index (χ1) is 15.7. The zero-order valence-electron chi connectivity index (χ0n) is 18.8. The molecule has 0 aliphatic heterocycles. The molecule has 1 heterocycles. The molecule has 5 heteroatoms. The van der Waals surface area contributed by atoms with Crippen LogP contribution < -0.4 is 9.70 Å². The van der Waals surface area contributed by atoms with Crippen molar-refractivity contribution >= 4 is 23.2 Å². The number of hydrogen-bond donors (Lipinski definition) is 0. The third-order valence-electron chi connectivity index (χ3n) is 5.44. The molecule has 0 spiro atoms. The van der Waals surface area contributed by atoms with Gasteiger partial charge in [-0.2, -0.15) is 5.10 Å². The minimum atomic E-state index is 0.837. The van der Waals surface area contributed by atoms with E-state index < -0.39 is 0 Å². The Hall–Kier alpha value is -3.44. The summed E-state index contributed by atoms with van der Waals surface area (Å²) in [6.45, 7) is 8.44. The second-order valence-electron chi connectivity index (χ2n) is 7.55. The molecular weight excluding hydrogens is 412 g/mol. The van der Waals surface area contributed by atoms with E-state index in [0.29, 0.717) is 0 Å². The van der Waals surface area contributed by atoms with E-state index in [0.717, 1.165) is 40.4 Å². The molecular formula is C27H28N4S. The molecule has 0 aliphatic rings. The Kier molecular flexibility index (Phi) is 6.97. The maximum atomic E-state index is 4.58. The lowest BCUT2D eigenvalue weighted by Crippen LogP contribution is -2.21. The summed E-state index contributed by atoms with van der Waals surface area (Å²) in [6.07, 6.45) is 1.81. The van der Waals surface area contributed by atoms with Gasteiger partial charge in [-0.25, -0.2) is 0 Å². The molecule has 1 aromatic heterocycles. The lowest BCUT2D eigenvalue weighted by Gasteiger charge is -2.20. The zero-order chi connectivity index (χ0) is 22.3. The molecule has 0 unspecified atom stereocenters. The van der Waals surface area contributed by atoms with Crippen molar-refractivity contribution in [3.05, 3.63) is 100 Å². The maximum Gasteiger partial charge on any atom is 0.215 e. The average Bonchev–Trinajstić information content (AvgIpc) is 3.26. The van der Waals surface area contributed by atoms with Gasteiger partial charge >= 0.3 is 0 Å². The lowest BCUT2D eigenvalue weighted by atomic mass is 10.1. The van der Waals surface area contributed by atoms with Gasteiger partial charge in [-0.1, -0.05) is 60.2 Å². The molecule has 3 aromatic carbocycles. The van der Waals surface area contributed by atoms with Gasteiger partial charge in [0.15, 0.2) is 0 Å². The third-order valence-corrected chi connectivity index (χ3v) is 6.26. The summed E-state index contributed by atoms with van der Waals surface area (Å²) in [4.78, 5) is 3.16. The van der Waals surface area contributed by atoms with Gasteiger partial charge in [0, 0.05) is 29.8 Å². The summed E-state index contributed by atoms with van der Waals surface area (Å²) in [5, 5.41) is 11.1. The molecule has 4 aromatic rings. The van der Waals surface area contributed by atoms with Crippen molar-refractivity contribution in [1.29, 1.82) is 0 Å². The number of nitrogens with zero attached hydrogens (tertiary/aromatic N) is 4. The fourth-order valence-corrected chi connectivity index (χ4v) is 4.50. The van der Waals surface area contributed by atoms with Crippen LogP contribution in [0.5, 0.6) is 0 Å². The predicted octanol–water partition coefficient (Wildman–Crippen LogP) is 6.30. The molecule has 162 valence electrons. The standard InChI is InChI=1S/C27H28N4S/c1-4-30(5-2)24-17-13-22(14-18-24)19-28-29-27-31(25-15-11-21(3)12-16-25)26(20-32-27)23-9-7-6-8-10-23/h6-20H,4-5H2,1-3H3. The van der Waals surface area contributed by atoms with E-state index in [1.807, 2.05) is 12.3 Å². The van der Waals surface area contributed by atoms with Gasteiger partial charge in [-0.05, 0) is 56.2 Å². The maximum absolute atomic E-state index is 4.58. The van der Waals surface area contributed by atoms with Gasteiger partial charge in [-0.15, -0.1) is 16.4 Å². The van der Waals surface area contributed by atoms with Crippen LogP contribution in [0.3, 0.4) is 0 Å². The van der Waals surface area contributed by atoms with Crippen LogP contribution >= 0.6 is 11.3 Å². The first-order valence-electron chi connectivity index (χ1n) is 10.9. The molecule has 4 nitrogen and oxygen atoms in total. The molecule has 0 saturated heterocycles. The molecule has 0 fully saturated rings. The van der Waals surface area contributed by atoms with Gasteiger partial charge in [0.25, 0.3) is 0 Å². The van der Waals surface area contributed by atoms with E-state index in [4.69, 9.17) is 0 Å². The smallest absolute Gasteiger partial charge is 0.215 e. The Morgan fingerprint density at radius 2 is 1.56 bits per heavy atom. The van der Waals surface area contributed by atoms with Crippen molar-refractivity contribution in [2.45, 2.75) is 20.8 Å². The molecule has 4 rings (SSSR count). The van der Waals surface area contributed by atoms with Crippen LogP contribution in [0.1, 0.15) is 25.0 Å². The number of aromatic nitrogens is 1. The highest BCUT2D eigenvalue weighted by atomic mass is 32.1. The van der Waals surface area contributed by atoms with Gasteiger partial charge in [0.05, 0.1) is 11.9 Å². The Morgan fingerprint density at radius 3 is 2.22 bits per heavy atom. The third kappa shape index (κ3) is 4.89. The van der Waals surface area contributed by atoms with Crippen molar-refractivity contribution < 1.29 is 0 Å². The van der Waals surface area contributed by atoms with Crippen LogP contribution in [0.4, 0.5) is 5.69 Å². The monoisotopic (exact) mass is 440 g/mol. The highest BCUT2D eigenvalue weighted by Gasteiger charge is 2.10. The van der Waals surface area contributed by atoms with Crippen LogP contribution in [-0.2, 0) is 0 Å². The Balaban J connectivity index is 1.69. The van der Waals surface area contributed by atoms with Crippen LogP contribution in [0, 0.1) is 6.92 Å². The summed E-state index contributed by atoms with van der Waals surface area (Å²) in [6, 6.07) is 27.4. The average molecular weight is 441 g/mol. The normalized spacial score (nSPS) is 11.9. The van der Waals surface area contributed by atoms with Crippen LogP contribution in [-0.4, -0.2) is 23.9 Å². The van der Waals surface area contributed by atoms with Gasteiger partial charge < -0.3 is 4.90 Å². The minimum Gasteiger partial charge on any atom is -0.372 e. The van der Waals surface area contributed by atoms with Crippen molar-refractivity contribution in [3.8, 4) is 16.9 Å². The van der Waals surface area contributed by atoms with Crippen molar-refractivity contribution in [3.63, 3.8) is 0 Å². The molecule has 0 radical (unpaired) electrons. The summed E-state index contributed by atoms with van der Waals surface area (Å²) in [5.41, 5.74) is 6.83. The molecule has 0 amide bonds. The van der Waals surface area contributed by atoms with Gasteiger partial charge in [0.2, 0.25) is 4.80 Å². The SMILES string of the molecule is CCN(CC)c1ccc(C=NN=c2scc(-c3ccccc3)n2-c2ccc(C)cc2)cc1. The molecule has 0 aliphatic carbocycles. The first-order valence-corrected chi connectivity index (χ1v) is 11.8. The number of thiazole rings is 1. The Bertz CT molecular complexity index is 1230. The largest absolute Gasteiger partial charge is 0.372 e. The highest BCUT2D eigenvalue weighted by molar-refractivity contribution is 7.07. The quantitative estimate of drug-likeness (QED) is 0.245. The zero-order valence-corrected chi connectivity index (χ0v) is 19.6. The molecule has 0 atom stereocenters. The van der Waals surface area contributed by atoms with Gasteiger partial charge in [-0.3, -0.25) is 4.57 Å². The van der Waals surface area contributed by atoms with E-state index in [-0.39, 0.29) is 0 Å². The Morgan fingerprint density at radius 1 is 0.875 bits per heavy atom. The number of aryl methyl sites for hydroxylation is 1.